The molecule has 0 fully saturated rings. The molecule has 1 aromatic heterocycles. The lowest BCUT2D eigenvalue weighted by Gasteiger charge is -2.09. The van der Waals surface area contributed by atoms with E-state index in [0.717, 1.165) is 23.5 Å². The molecule has 0 saturated heterocycles. The average molecular weight is 316 g/mol. The van der Waals surface area contributed by atoms with Gasteiger partial charge in [-0.25, -0.2) is 4.98 Å². The van der Waals surface area contributed by atoms with E-state index in [9.17, 15) is 0 Å². The molecule has 1 heterocycles. The summed E-state index contributed by atoms with van der Waals surface area (Å²) in [5, 5.41) is 3.42. The first-order valence-corrected chi connectivity index (χ1v) is 7.39. The van der Waals surface area contributed by atoms with Crippen molar-refractivity contribution < 1.29 is 0 Å². The molecule has 0 aliphatic rings. The molecule has 4 heteroatoms. The molecule has 2 aromatic carbocycles. The van der Waals surface area contributed by atoms with Gasteiger partial charge in [-0.15, -0.1) is 12.4 Å². The van der Waals surface area contributed by atoms with E-state index in [-0.39, 0.29) is 12.4 Å². The molecule has 0 unspecified atom stereocenters. The van der Waals surface area contributed by atoms with E-state index in [1.54, 1.807) is 0 Å². The maximum atomic E-state index is 4.62. The van der Waals surface area contributed by atoms with Crippen molar-refractivity contribution in [1.29, 1.82) is 0 Å². The molecule has 22 heavy (non-hydrogen) atoms. The SMILES string of the molecule is CC(C)c1ccc(CNc2nc3ccccc3n2C)cc1.Cl. The first-order chi connectivity index (χ1) is 10.1. The molecule has 0 amide bonds. The Kier molecular flexibility index (Phi) is 5.09. The zero-order chi connectivity index (χ0) is 14.8. The first kappa shape index (κ1) is 16.4. The normalized spacial score (nSPS) is 10.7. The predicted molar refractivity (Wildman–Crippen MR) is 95.8 cm³/mol. The summed E-state index contributed by atoms with van der Waals surface area (Å²) in [4.78, 5) is 4.62. The minimum Gasteiger partial charge on any atom is -0.352 e. The van der Waals surface area contributed by atoms with E-state index in [1.807, 2.05) is 25.2 Å². The van der Waals surface area contributed by atoms with E-state index < -0.39 is 0 Å². The minimum atomic E-state index is 0. The number of imidazole rings is 1. The molecule has 0 radical (unpaired) electrons. The van der Waals surface area contributed by atoms with Gasteiger partial charge in [0.15, 0.2) is 0 Å². The molecule has 3 rings (SSSR count). The van der Waals surface area contributed by atoms with Crippen molar-refractivity contribution in [1.82, 2.24) is 9.55 Å². The lowest BCUT2D eigenvalue weighted by molar-refractivity contribution is 0.864. The van der Waals surface area contributed by atoms with E-state index in [4.69, 9.17) is 0 Å². The molecule has 0 aliphatic heterocycles. The Morgan fingerprint density at radius 1 is 1.05 bits per heavy atom. The van der Waals surface area contributed by atoms with Crippen molar-refractivity contribution in [2.24, 2.45) is 7.05 Å². The van der Waals surface area contributed by atoms with Gasteiger partial charge in [-0.3, -0.25) is 0 Å². The van der Waals surface area contributed by atoms with Gasteiger partial charge < -0.3 is 9.88 Å². The van der Waals surface area contributed by atoms with Gasteiger partial charge in [0.1, 0.15) is 0 Å². The number of nitrogens with one attached hydrogen (secondary N) is 1. The van der Waals surface area contributed by atoms with E-state index in [1.165, 1.54) is 11.1 Å². The van der Waals surface area contributed by atoms with Crippen LogP contribution in [0.25, 0.3) is 11.0 Å². The van der Waals surface area contributed by atoms with E-state index in [0.29, 0.717) is 5.92 Å². The predicted octanol–water partition coefficient (Wildman–Crippen LogP) is 4.73. The van der Waals surface area contributed by atoms with Gasteiger partial charge in [-0.2, -0.15) is 0 Å². The molecule has 1 N–H and O–H groups in total. The number of rotatable bonds is 4. The van der Waals surface area contributed by atoms with E-state index in [2.05, 4.69) is 59.0 Å². The van der Waals surface area contributed by atoms with Crippen LogP contribution in [0.5, 0.6) is 0 Å². The number of para-hydroxylation sites is 2. The number of aryl methyl sites for hydroxylation is 1. The van der Waals surface area contributed by atoms with Crippen LogP contribution in [0.1, 0.15) is 30.9 Å². The maximum Gasteiger partial charge on any atom is 0.203 e. The molecule has 0 bridgehead atoms. The fourth-order valence-corrected chi connectivity index (χ4v) is 2.51. The molecular formula is C18H22ClN3. The molecule has 116 valence electrons. The Morgan fingerprint density at radius 3 is 2.36 bits per heavy atom. The fraction of sp³-hybridized carbons (Fsp3) is 0.278. The molecule has 0 atom stereocenters. The highest BCUT2D eigenvalue weighted by Gasteiger charge is 2.06. The van der Waals surface area contributed by atoms with Gasteiger partial charge in [0, 0.05) is 13.6 Å². The van der Waals surface area contributed by atoms with Gasteiger partial charge in [0.25, 0.3) is 0 Å². The third-order valence-electron chi connectivity index (χ3n) is 3.88. The average Bonchev–Trinajstić information content (AvgIpc) is 2.82. The van der Waals surface area contributed by atoms with Crippen LogP contribution in [-0.4, -0.2) is 9.55 Å². The van der Waals surface area contributed by atoms with Crippen LogP contribution in [0.2, 0.25) is 0 Å². The maximum absolute atomic E-state index is 4.62. The van der Waals surface area contributed by atoms with Crippen LogP contribution in [0.15, 0.2) is 48.5 Å². The highest BCUT2D eigenvalue weighted by atomic mass is 35.5. The second-order valence-electron chi connectivity index (χ2n) is 5.73. The van der Waals surface area contributed by atoms with Crippen LogP contribution in [0.3, 0.4) is 0 Å². The second kappa shape index (κ2) is 6.84. The number of anilines is 1. The first-order valence-electron chi connectivity index (χ1n) is 7.39. The molecule has 3 aromatic rings. The van der Waals surface area contributed by atoms with Crippen molar-refractivity contribution in [2.45, 2.75) is 26.3 Å². The van der Waals surface area contributed by atoms with Crippen LogP contribution < -0.4 is 5.32 Å². The van der Waals surface area contributed by atoms with Crippen molar-refractivity contribution in [3.8, 4) is 0 Å². The van der Waals surface area contributed by atoms with Crippen molar-refractivity contribution >= 4 is 29.4 Å². The summed E-state index contributed by atoms with van der Waals surface area (Å²) < 4.78 is 2.10. The highest BCUT2D eigenvalue weighted by Crippen LogP contribution is 2.19. The Balaban J connectivity index is 0.00000176. The number of fused-ring (bicyclic) bond motifs is 1. The van der Waals surface area contributed by atoms with Crippen molar-refractivity contribution in [3.63, 3.8) is 0 Å². The largest absolute Gasteiger partial charge is 0.352 e. The Bertz CT molecular complexity index is 745. The zero-order valence-corrected chi connectivity index (χ0v) is 14.0. The topological polar surface area (TPSA) is 29.9 Å². The van der Waals surface area contributed by atoms with Crippen molar-refractivity contribution in [2.75, 3.05) is 5.32 Å². The summed E-state index contributed by atoms with van der Waals surface area (Å²) in [6.07, 6.45) is 0. The van der Waals surface area contributed by atoms with Crippen LogP contribution in [0, 0.1) is 0 Å². The van der Waals surface area contributed by atoms with Gasteiger partial charge >= 0.3 is 0 Å². The Hall–Kier alpha value is -2.00. The third-order valence-corrected chi connectivity index (χ3v) is 3.88. The lowest BCUT2D eigenvalue weighted by atomic mass is 10.0. The number of aromatic nitrogens is 2. The number of hydrogen-bond acceptors (Lipinski definition) is 2. The van der Waals surface area contributed by atoms with Crippen molar-refractivity contribution in [3.05, 3.63) is 59.7 Å². The second-order valence-corrected chi connectivity index (χ2v) is 5.73. The fourth-order valence-electron chi connectivity index (χ4n) is 2.51. The summed E-state index contributed by atoms with van der Waals surface area (Å²) in [5.41, 5.74) is 4.82. The van der Waals surface area contributed by atoms with Gasteiger partial charge in [-0.1, -0.05) is 50.2 Å². The minimum absolute atomic E-state index is 0. The lowest BCUT2D eigenvalue weighted by Crippen LogP contribution is -2.05. The summed E-state index contributed by atoms with van der Waals surface area (Å²) in [6, 6.07) is 17.0. The standard InChI is InChI=1S/C18H21N3.ClH/c1-13(2)15-10-8-14(9-11-15)12-19-18-20-16-6-4-5-7-17(16)21(18)3;/h4-11,13H,12H2,1-3H3,(H,19,20);1H. The monoisotopic (exact) mass is 315 g/mol. The van der Waals surface area contributed by atoms with Crippen LogP contribution in [-0.2, 0) is 13.6 Å². The smallest absolute Gasteiger partial charge is 0.203 e. The summed E-state index contributed by atoms with van der Waals surface area (Å²) >= 11 is 0. The Morgan fingerprint density at radius 2 is 1.73 bits per heavy atom. The quantitative estimate of drug-likeness (QED) is 0.754. The van der Waals surface area contributed by atoms with E-state index >= 15 is 0 Å². The van der Waals surface area contributed by atoms with Crippen LogP contribution in [0.4, 0.5) is 5.95 Å². The molecule has 0 saturated carbocycles. The third kappa shape index (κ3) is 3.25. The highest BCUT2D eigenvalue weighted by molar-refractivity contribution is 5.85. The van der Waals surface area contributed by atoms with Gasteiger partial charge in [-0.05, 0) is 29.2 Å². The van der Waals surface area contributed by atoms with Crippen LogP contribution >= 0.6 is 12.4 Å². The van der Waals surface area contributed by atoms with Gasteiger partial charge in [0.05, 0.1) is 11.0 Å². The summed E-state index contributed by atoms with van der Waals surface area (Å²) in [5.74, 6) is 1.48. The Labute approximate surface area is 137 Å². The number of benzene rings is 2. The van der Waals surface area contributed by atoms with Gasteiger partial charge in [0.2, 0.25) is 5.95 Å². The summed E-state index contributed by atoms with van der Waals surface area (Å²) in [6.45, 7) is 5.22. The number of halogens is 1. The zero-order valence-electron chi connectivity index (χ0n) is 13.2. The molecular weight excluding hydrogens is 294 g/mol. The number of nitrogens with zero attached hydrogens (tertiary/aromatic N) is 2. The molecule has 0 spiro atoms. The molecule has 3 nitrogen and oxygen atoms in total. The summed E-state index contributed by atoms with van der Waals surface area (Å²) in [7, 11) is 2.04. The number of hydrogen-bond donors (Lipinski definition) is 1. The molecule has 0 aliphatic carbocycles.